The maximum absolute atomic E-state index is 11.9. The van der Waals surface area contributed by atoms with Gasteiger partial charge in [-0.1, -0.05) is 0 Å². The van der Waals surface area contributed by atoms with Gasteiger partial charge in [0.05, 0.1) is 26.9 Å². The van der Waals surface area contributed by atoms with Crippen LogP contribution in [-0.4, -0.2) is 39.5 Å². The summed E-state index contributed by atoms with van der Waals surface area (Å²) in [7, 11) is 4.50. The van der Waals surface area contributed by atoms with Gasteiger partial charge >= 0.3 is 0 Å². The van der Waals surface area contributed by atoms with Crippen molar-refractivity contribution in [2.75, 3.05) is 33.6 Å². The summed E-state index contributed by atoms with van der Waals surface area (Å²) in [6, 6.07) is 3.30. The number of ether oxygens (including phenoxy) is 3. The lowest BCUT2D eigenvalue weighted by molar-refractivity contribution is 0.0952. The molecule has 6 heteroatoms. The van der Waals surface area contributed by atoms with Gasteiger partial charge in [0.15, 0.2) is 11.5 Å². The van der Waals surface area contributed by atoms with Crippen LogP contribution in [0.25, 0.3) is 0 Å². The molecule has 100 valence electrons. The van der Waals surface area contributed by atoms with Crippen molar-refractivity contribution in [2.24, 2.45) is 0 Å². The van der Waals surface area contributed by atoms with E-state index in [0.717, 1.165) is 0 Å². The van der Waals surface area contributed by atoms with E-state index in [2.05, 4.69) is 17.9 Å². The minimum absolute atomic E-state index is 0.234. The van der Waals surface area contributed by atoms with Crippen LogP contribution in [0.4, 0.5) is 0 Å². The zero-order chi connectivity index (χ0) is 13.5. The number of hydrogen-bond donors (Lipinski definition) is 2. The Bertz CT molecular complexity index is 423. The molecule has 0 bridgehead atoms. The molecule has 0 heterocycles. The van der Waals surface area contributed by atoms with Crippen molar-refractivity contribution in [2.45, 2.75) is 0 Å². The van der Waals surface area contributed by atoms with Crippen LogP contribution >= 0.6 is 12.6 Å². The second kappa shape index (κ2) is 7.00. The average molecular weight is 271 g/mol. The van der Waals surface area contributed by atoms with Crippen molar-refractivity contribution in [1.29, 1.82) is 0 Å². The highest BCUT2D eigenvalue weighted by atomic mass is 32.1. The summed E-state index contributed by atoms with van der Waals surface area (Å²) in [5, 5.41) is 2.72. The Morgan fingerprint density at radius 3 is 2.33 bits per heavy atom. The lowest BCUT2D eigenvalue weighted by atomic mass is 10.1. The summed E-state index contributed by atoms with van der Waals surface area (Å²) in [5.74, 6) is 1.61. The smallest absolute Gasteiger partial charge is 0.255 e. The summed E-state index contributed by atoms with van der Waals surface area (Å²) < 4.78 is 15.6. The molecule has 0 radical (unpaired) electrons. The number of amides is 1. The van der Waals surface area contributed by atoms with Crippen LogP contribution in [0.2, 0.25) is 0 Å². The van der Waals surface area contributed by atoms with Crippen LogP contribution in [0.15, 0.2) is 12.1 Å². The quantitative estimate of drug-likeness (QED) is 0.767. The third-order valence-electron chi connectivity index (χ3n) is 2.35. The molecule has 1 aromatic rings. The molecule has 0 aromatic heterocycles. The molecule has 0 saturated heterocycles. The summed E-state index contributed by atoms with van der Waals surface area (Å²) in [4.78, 5) is 11.9. The minimum atomic E-state index is -0.234. The van der Waals surface area contributed by atoms with E-state index in [1.807, 2.05) is 0 Å². The normalized spacial score (nSPS) is 9.78. The molecule has 5 nitrogen and oxygen atoms in total. The fourth-order valence-electron chi connectivity index (χ4n) is 1.54. The molecule has 0 aliphatic heterocycles. The van der Waals surface area contributed by atoms with Crippen molar-refractivity contribution < 1.29 is 19.0 Å². The lowest BCUT2D eigenvalue weighted by Gasteiger charge is -2.15. The Labute approximate surface area is 112 Å². The molecule has 0 unspecified atom stereocenters. The molecule has 0 spiro atoms. The summed E-state index contributed by atoms with van der Waals surface area (Å²) >= 11 is 4.04. The second-order valence-electron chi connectivity index (χ2n) is 3.36. The molecule has 1 N–H and O–H groups in total. The SMILES string of the molecule is COc1ccc(C(=O)NCCS)c(OC)c1OC. The predicted octanol–water partition coefficient (Wildman–Crippen LogP) is 1.37. The number of nitrogens with one attached hydrogen (secondary N) is 1. The van der Waals surface area contributed by atoms with Crippen LogP contribution in [-0.2, 0) is 0 Å². The first-order valence-electron chi connectivity index (χ1n) is 5.37. The molecule has 1 rings (SSSR count). The van der Waals surface area contributed by atoms with E-state index >= 15 is 0 Å². The van der Waals surface area contributed by atoms with E-state index in [1.54, 1.807) is 12.1 Å². The standard InChI is InChI=1S/C12H17NO4S/c1-15-9-5-4-8(12(14)13-6-7-18)10(16-2)11(9)17-3/h4-5,18H,6-7H2,1-3H3,(H,13,14). The number of carbonyl (C=O) groups is 1. The van der Waals surface area contributed by atoms with Gasteiger partial charge in [0.1, 0.15) is 0 Å². The first-order chi connectivity index (χ1) is 8.69. The van der Waals surface area contributed by atoms with Gasteiger partial charge in [0.25, 0.3) is 5.91 Å². The van der Waals surface area contributed by atoms with Crippen molar-refractivity contribution >= 4 is 18.5 Å². The van der Waals surface area contributed by atoms with Crippen molar-refractivity contribution in [1.82, 2.24) is 5.32 Å². The molecule has 0 aliphatic rings. The van der Waals surface area contributed by atoms with Crippen molar-refractivity contribution in [3.8, 4) is 17.2 Å². The first kappa shape index (κ1) is 14.5. The van der Waals surface area contributed by atoms with Gasteiger partial charge in [0, 0.05) is 12.3 Å². The van der Waals surface area contributed by atoms with Crippen LogP contribution < -0.4 is 19.5 Å². The van der Waals surface area contributed by atoms with Crippen LogP contribution in [0.3, 0.4) is 0 Å². The molecular formula is C12H17NO4S. The van der Waals surface area contributed by atoms with Crippen LogP contribution in [0.1, 0.15) is 10.4 Å². The highest BCUT2D eigenvalue weighted by Gasteiger charge is 2.20. The van der Waals surface area contributed by atoms with Gasteiger partial charge in [-0.3, -0.25) is 4.79 Å². The second-order valence-corrected chi connectivity index (χ2v) is 3.81. The van der Waals surface area contributed by atoms with Crippen molar-refractivity contribution in [3.63, 3.8) is 0 Å². The lowest BCUT2D eigenvalue weighted by Crippen LogP contribution is -2.25. The Morgan fingerprint density at radius 1 is 1.17 bits per heavy atom. The van der Waals surface area contributed by atoms with E-state index in [-0.39, 0.29) is 5.91 Å². The highest BCUT2D eigenvalue weighted by Crippen LogP contribution is 2.39. The van der Waals surface area contributed by atoms with Gasteiger partial charge < -0.3 is 19.5 Å². The van der Waals surface area contributed by atoms with E-state index in [9.17, 15) is 4.79 Å². The van der Waals surface area contributed by atoms with Gasteiger partial charge in [-0.15, -0.1) is 0 Å². The largest absolute Gasteiger partial charge is 0.493 e. The number of hydrogen-bond acceptors (Lipinski definition) is 5. The number of benzene rings is 1. The molecular weight excluding hydrogens is 254 g/mol. The van der Waals surface area contributed by atoms with E-state index < -0.39 is 0 Å². The van der Waals surface area contributed by atoms with Gasteiger partial charge in [-0.25, -0.2) is 0 Å². The maximum atomic E-state index is 11.9. The molecule has 0 saturated carbocycles. The molecule has 1 amide bonds. The molecule has 18 heavy (non-hydrogen) atoms. The van der Waals surface area contributed by atoms with E-state index in [1.165, 1.54) is 21.3 Å². The summed E-state index contributed by atoms with van der Waals surface area (Å²) in [6.07, 6.45) is 0. The number of thiol groups is 1. The zero-order valence-electron chi connectivity index (χ0n) is 10.6. The first-order valence-corrected chi connectivity index (χ1v) is 6.00. The van der Waals surface area contributed by atoms with Crippen LogP contribution in [0.5, 0.6) is 17.2 Å². The highest BCUT2D eigenvalue weighted by molar-refractivity contribution is 7.80. The summed E-state index contributed by atoms with van der Waals surface area (Å²) in [6.45, 7) is 0.486. The number of methoxy groups -OCH3 is 3. The monoisotopic (exact) mass is 271 g/mol. The maximum Gasteiger partial charge on any atom is 0.255 e. The topological polar surface area (TPSA) is 56.8 Å². The fourth-order valence-corrected chi connectivity index (χ4v) is 1.66. The van der Waals surface area contributed by atoms with Gasteiger partial charge in [-0.05, 0) is 12.1 Å². The third kappa shape index (κ3) is 3.01. The number of carbonyl (C=O) groups excluding carboxylic acids is 1. The molecule has 0 fully saturated rings. The van der Waals surface area contributed by atoms with Crippen molar-refractivity contribution in [3.05, 3.63) is 17.7 Å². The Kier molecular flexibility index (Phi) is 5.64. The van der Waals surface area contributed by atoms with Gasteiger partial charge in [0.2, 0.25) is 5.75 Å². The predicted molar refractivity (Wildman–Crippen MR) is 72.3 cm³/mol. The third-order valence-corrected chi connectivity index (χ3v) is 2.57. The Hall–Kier alpha value is -1.56. The minimum Gasteiger partial charge on any atom is -0.493 e. The average Bonchev–Trinajstić information content (AvgIpc) is 2.42. The van der Waals surface area contributed by atoms with E-state index in [0.29, 0.717) is 35.1 Å². The Morgan fingerprint density at radius 2 is 1.83 bits per heavy atom. The van der Waals surface area contributed by atoms with Crippen LogP contribution in [0, 0.1) is 0 Å². The van der Waals surface area contributed by atoms with E-state index in [4.69, 9.17) is 14.2 Å². The zero-order valence-corrected chi connectivity index (χ0v) is 11.5. The van der Waals surface area contributed by atoms with Gasteiger partial charge in [-0.2, -0.15) is 12.6 Å². The Balaban J connectivity index is 3.16. The molecule has 1 aromatic carbocycles. The fraction of sp³-hybridized carbons (Fsp3) is 0.417. The molecule has 0 aliphatic carbocycles. The molecule has 0 atom stereocenters. The number of rotatable bonds is 6. The summed E-state index contributed by atoms with van der Waals surface area (Å²) in [5.41, 5.74) is 0.400.